The van der Waals surface area contributed by atoms with Gasteiger partial charge in [0.2, 0.25) is 0 Å². The van der Waals surface area contributed by atoms with Crippen LogP contribution in [0, 0.1) is 16.7 Å². The van der Waals surface area contributed by atoms with Crippen LogP contribution in [0.3, 0.4) is 0 Å². The third-order valence-electron chi connectivity index (χ3n) is 7.25. The van der Waals surface area contributed by atoms with Crippen molar-refractivity contribution < 1.29 is 22.6 Å². The fourth-order valence-electron chi connectivity index (χ4n) is 4.86. The first-order valence-corrected chi connectivity index (χ1v) is 14.7. The number of rotatable bonds is 11. The molecule has 30 heavy (non-hydrogen) atoms. The lowest BCUT2D eigenvalue weighted by molar-refractivity contribution is -0.128. The van der Waals surface area contributed by atoms with Gasteiger partial charge in [0.05, 0.1) is 0 Å². The maximum atomic E-state index is 12.0. The Morgan fingerprint density at radius 1 is 1.07 bits per heavy atom. The third-order valence-corrected chi connectivity index (χ3v) is 10.9. The molecule has 0 spiro atoms. The highest BCUT2D eigenvalue weighted by Crippen LogP contribution is 2.64. The number of carbonyl (C=O) groups is 2. The monoisotopic (exact) mass is 462 g/mol. The quantitative estimate of drug-likeness (QED) is 0.333. The summed E-state index contributed by atoms with van der Waals surface area (Å²) in [6.45, 7) is 12.1. The third kappa shape index (κ3) is 6.32. The molecule has 3 atom stereocenters. The summed E-state index contributed by atoms with van der Waals surface area (Å²) in [5, 5.41) is -1.30. The zero-order valence-corrected chi connectivity index (χ0v) is 21.4. The van der Waals surface area contributed by atoms with Gasteiger partial charge in [-0.05, 0) is 54.3 Å². The Bertz CT molecular complexity index is 678. The van der Waals surface area contributed by atoms with Gasteiger partial charge in [-0.3, -0.25) is 9.59 Å². The molecule has 0 aromatic carbocycles. The predicted molar refractivity (Wildman–Crippen MR) is 125 cm³/mol. The molecule has 2 aliphatic carbocycles. The van der Waals surface area contributed by atoms with Crippen molar-refractivity contribution in [3.63, 3.8) is 0 Å². The number of Topliss-reactive ketones (excluding diaryl/α,β-unsaturated/α-hetero) is 2. The van der Waals surface area contributed by atoms with Crippen molar-refractivity contribution >= 4 is 32.6 Å². The zero-order valence-electron chi connectivity index (χ0n) is 19.8. The molecule has 0 aromatic rings. The lowest BCUT2D eigenvalue weighted by Gasteiger charge is -2.32. The molecule has 0 heterocycles. The van der Waals surface area contributed by atoms with E-state index in [-0.39, 0.29) is 17.1 Å². The van der Waals surface area contributed by atoms with Gasteiger partial charge < -0.3 is 4.55 Å². The molecular formula is C23H42O5S2. The molecule has 2 fully saturated rings. The van der Waals surface area contributed by atoms with Crippen LogP contribution in [0.1, 0.15) is 92.9 Å². The second-order valence-electron chi connectivity index (χ2n) is 9.64. The van der Waals surface area contributed by atoms with Crippen LogP contribution >= 0.6 is 0 Å². The molecule has 0 aromatic heterocycles. The maximum absolute atomic E-state index is 12.0. The van der Waals surface area contributed by atoms with Crippen LogP contribution in [-0.4, -0.2) is 47.0 Å². The number of hydrogen-bond acceptors (Lipinski definition) is 5. The Morgan fingerprint density at radius 3 is 1.93 bits per heavy atom. The topological polar surface area (TPSA) is 91.3 Å². The van der Waals surface area contributed by atoms with Gasteiger partial charge in [-0.2, -0.15) is 0 Å². The molecule has 2 aliphatic rings. The van der Waals surface area contributed by atoms with Crippen LogP contribution in [-0.2, 0) is 30.6 Å². The maximum Gasteiger partial charge on any atom is 0.181 e. The Kier molecular flexibility index (Phi) is 10.6. The Labute approximate surface area is 187 Å². The van der Waals surface area contributed by atoms with Crippen molar-refractivity contribution in [3.05, 3.63) is 0 Å². The average Bonchev–Trinajstić information content (AvgIpc) is 2.96. The summed E-state index contributed by atoms with van der Waals surface area (Å²) < 4.78 is 33.3. The van der Waals surface area contributed by atoms with E-state index >= 15 is 0 Å². The van der Waals surface area contributed by atoms with Gasteiger partial charge in [0.25, 0.3) is 0 Å². The Hall–Kier alpha value is -0.400. The van der Waals surface area contributed by atoms with E-state index in [4.69, 9.17) is 0 Å². The second-order valence-corrected chi connectivity index (χ2v) is 13.5. The number of carbonyl (C=O) groups excluding carboxylic acids is 2. The SMILES string of the molecule is CC12CCC(C(S(=O)(=O)[O-])C1=O)C2(C)C.CCCC[S+](CCCC)CC(=O)CCC. The van der Waals surface area contributed by atoms with Crippen LogP contribution in [0.15, 0.2) is 0 Å². The standard InChI is InChI=1S/C13H27OS.C10H16O4S/c1-4-7-10-15(11-8-5-2)12-13(14)9-6-3;1-9(2)6-4-5-10(9,3)8(11)7(6)15(12,13)14/h4-12H2,1-3H3;6-7H,4-5H2,1-3H3,(H,12,13,14)/q+1;/p-1. The van der Waals surface area contributed by atoms with Gasteiger partial charge >= 0.3 is 0 Å². The van der Waals surface area contributed by atoms with E-state index in [1.54, 1.807) is 6.92 Å². The molecule has 0 saturated heterocycles. The van der Waals surface area contributed by atoms with Crippen molar-refractivity contribution in [1.29, 1.82) is 0 Å². The summed E-state index contributed by atoms with van der Waals surface area (Å²) in [5.41, 5.74) is -0.994. The number of unbranched alkanes of at least 4 members (excludes halogenated alkanes) is 2. The van der Waals surface area contributed by atoms with Crippen molar-refractivity contribution in [2.45, 2.75) is 98.2 Å². The van der Waals surface area contributed by atoms with E-state index in [2.05, 4.69) is 20.8 Å². The van der Waals surface area contributed by atoms with Crippen LogP contribution in [0.4, 0.5) is 0 Å². The van der Waals surface area contributed by atoms with E-state index in [0.29, 0.717) is 29.5 Å². The van der Waals surface area contributed by atoms with Gasteiger partial charge in [-0.25, -0.2) is 8.42 Å². The van der Waals surface area contributed by atoms with Crippen LogP contribution in [0.25, 0.3) is 0 Å². The summed E-state index contributed by atoms with van der Waals surface area (Å²) in [7, 11) is -4.10. The molecule has 0 N–H and O–H groups in total. The van der Waals surface area contributed by atoms with Gasteiger partial charge in [0.1, 0.15) is 26.9 Å². The van der Waals surface area contributed by atoms with Gasteiger partial charge in [0, 0.05) is 11.8 Å². The molecule has 0 amide bonds. The van der Waals surface area contributed by atoms with Gasteiger partial charge in [0.15, 0.2) is 17.3 Å². The minimum Gasteiger partial charge on any atom is -0.747 e. The minimum absolute atomic E-state index is 0.294. The fourth-order valence-corrected chi connectivity index (χ4v) is 8.75. The molecule has 3 unspecified atom stereocenters. The first-order chi connectivity index (χ1) is 13.9. The van der Waals surface area contributed by atoms with Crippen molar-refractivity contribution in [2.24, 2.45) is 16.7 Å². The van der Waals surface area contributed by atoms with E-state index in [0.717, 1.165) is 18.6 Å². The summed E-state index contributed by atoms with van der Waals surface area (Å²) in [4.78, 5) is 23.6. The molecule has 0 aliphatic heterocycles. The zero-order chi connectivity index (χ0) is 23.2. The molecule has 0 radical (unpaired) electrons. The molecule has 2 rings (SSSR count). The predicted octanol–water partition coefficient (Wildman–Crippen LogP) is 4.50. The Balaban J connectivity index is 0.000000300. The molecule has 2 bridgehead atoms. The summed E-state index contributed by atoms with van der Waals surface area (Å²) in [6, 6.07) is 0. The van der Waals surface area contributed by atoms with Crippen LogP contribution in [0.2, 0.25) is 0 Å². The molecule has 7 heteroatoms. The summed E-state index contributed by atoms with van der Waals surface area (Å²) in [5.74, 6) is 3.27. The van der Waals surface area contributed by atoms with E-state index < -0.39 is 20.8 Å². The molecule has 2 saturated carbocycles. The van der Waals surface area contributed by atoms with E-state index in [1.165, 1.54) is 37.2 Å². The summed E-state index contributed by atoms with van der Waals surface area (Å²) >= 11 is 0. The summed E-state index contributed by atoms with van der Waals surface area (Å²) in [6.07, 6.45) is 8.30. The van der Waals surface area contributed by atoms with Crippen molar-refractivity contribution in [1.82, 2.24) is 0 Å². The highest BCUT2D eigenvalue weighted by atomic mass is 32.2. The Morgan fingerprint density at radius 2 is 1.60 bits per heavy atom. The number of hydrogen-bond donors (Lipinski definition) is 0. The fraction of sp³-hybridized carbons (Fsp3) is 0.913. The van der Waals surface area contributed by atoms with Crippen molar-refractivity contribution in [2.75, 3.05) is 17.3 Å². The van der Waals surface area contributed by atoms with Crippen molar-refractivity contribution in [3.8, 4) is 0 Å². The van der Waals surface area contributed by atoms with E-state index in [9.17, 15) is 22.6 Å². The normalized spacial score (nSPS) is 27.3. The lowest BCUT2D eigenvalue weighted by atomic mass is 9.70. The van der Waals surface area contributed by atoms with Gasteiger partial charge in [-0.1, -0.05) is 54.4 Å². The first-order valence-electron chi connectivity index (χ1n) is 11.5. The smallest absolute Gasteiger partial charge is 0.181 e. The second kappa shape index (κ2) is 11.5. The lowest BCUT2D eigenvalue weighted by Crippen LogP contribution is -2.38. The van der Waals surface area contributed by atoms with Gasteiger partial charge in [-0.15, -0.1) is 0 Å². The largest absolute Gasteiger partial charge is 0.747 e. The molecular weight excluding hydrogens is 420 g/mol. The number of ketones is 2. The molecule has 5 nitrogen and oxygen atoms in total. The first kappa shape index (κ1) is 27.6. The van der Waals surface area contributed by atoms with E-state index in [1.807, 2.05) is 13.8 Å². The average molecular weight is 463 g/mol. The highest BCUT2D eigenvalue weighted by Gasteiger charge is 2.67. The number of fused-ring (bicyclic) bond motifs is 2. The highest BCUT2D eigenvalue weighted by molar-refractivity contribution is 7.97. The van der Waals surface area contributed by atoms with Crippen LogP contribution < -0.4 is 0 Å². The minimum atomic E-state index is -4.49. The van der Waals surface area contributed by atoms with Crippen LogP contribution in [0.5, 0.6) is 0 Å². The molecule has 176 valence electrons.